The van der Waals surface area contributed by atoms with Crippen LogP contribution >= 0.6 is 0 Å². The second-order valence-electron chi connectivity index (χ2n) is 5.95. The summed E-state index contributed by atoms with van der Waals surface area (Å²) >= 11 is 0. The third kappa shape index (κ3) is 1.48. The first-order chi connectivity index (χ1) is 9.76. The molecule has 1 aliphatic carbocycles. The number of piperidine rings is 1. The SMILES string of the molecule is CC[C@@H]1[C@H]2C(=O)N3[C@@H](c4ccc(OC)cc4)OC[C@@H]3[C@@H]12. The quantitative estimate of drug-likeness (QED) is 0.847. The average molecular weight is 273 g/mol. The molecule has 20 heavy (non-hydrogen) atoms. The smallest absolute Gasteiger partial charge is 0.228 e. The van der Waals surface area contributed by atoms with Crippen molar-refractivity contribution in [2.24, 2.45) is 17.8 Å². The van der Waals surface area contributed by atoms with Crippen molar-refractivity contribution in [3.05, 3.63) is 29.8 Å². The molecule has 2 heterocycles. The molecule has 1 saturated carbocycles. The predicted molar refractivity (Wildman–Crippen MR) is 73.1 cm³/mol. The van der Waals surface area contributed by atoms with E-state index in [0.717, 1.165) is 17.7 Å². The topological polar surface area (TPSA) is 38.8 Å². The molecule has 0 unspecified atom stereocenters. The van der Waals surface area contributed by atoms with Crippen molar-refractivity contribution in [3.8, 4) is 5.75 Å². The van der Waals surface area contributed by atoms with Crippen LogP contribution in [0.15, 0.2) is 24.3 Å². The zero-order valence-electron chi connectivity index (χ0n) is 11.8. The Bertz CT molecular complexity index is 541. The van der Waals surface area contributed by atoms with Crippen LogP contribution in [-0.2, 0) is 9.53 Å². The molecule has 5 atom stereocenters. The molecule has 1 aromatic carbocycles. The second kappa shape index (κ2) is 4.22. The van der Waals surface area contributed by atoms with Crippen molar-refractivity contribution in [1.29, 1.82) is 0 Å². The summed E-state index contributed by atoms with van der Waals surface area (Å²) in [5, 5.41) is 0. The lowest BCUT2D eigenvalue weighted by Crippen LogP contribution is -2.36. The summed E-state index contributed by atoms with van der Waals surface area (Å²) in [6.45, 7) is 2.86. The number of ether oxygens (including phenoxy) is 2. The highest BCUT2D eigenvalue weighted by Gasteiger charge is 2.68. The number of benzene rings is 1. The molecule has 0 radical (unpaired) electrons. The molecule has 2 saturated heterocycles. The average Bonchev–Trinajstić information content (AvgIpc) is 2.93. The number of amides is 1. The van der Waals surface area contributed by atoms with Crippen LogP contribution in [0, 0.1) is 17.8 Å². The van der Waals surface area contributed by atoms with Crippen LogP contribution < -0.4 is 4.74 Å². The summed E-state index contributed by atoms with van der Waals surface area (Å²) in [7, 11) is 1.65. The Morgan fingerprint density at radius 1 is 1.35 bits per heavy atom. The minimum Gasteiger partial charge on any atom is -0.497 e. The van der Waals surface area contributed by atoms with Crippen molar-refractivity contribution in [2.75, 3.05) is 13.7 Å². The molecular weight excluding hydrogens is 254 g/mol. The lowest BCUT2D eigenvalue weighted by Gasteiger charge is -2.26. The van der Waals surface area contributed by atoms with Gasteiger partial charge in [-0.15, -0.1) is 0 Å². The third-order valence-corrected chi connectivity index (χ3v) is 5.12. The lowest BCUT2D eigenvalue weighted by molar-refractivity contribution is -0.137. The minimum atomic E-state index is -0.205. The standard InChI is InChI=1S/C16H19NO3/c1-3-11-13-12-8-20-16(17(12)15(18)14(11)13)9-4-6-10(19-2)7-5-9/h4-7,11-14,16H,3,8H2,1-2H3/t11-,12+,13+,14+,16+/m0/s1. The molecule has 3 aliphatic rings. The lowest BCUT2D eigenvalue weighted by atomic mass is 10.1. The highest BCUT2D eigenvalue weighted by molar-refractivity contribution is 5.86. The van der Waals surface area contributed by atoms with Gasteiger partial charge < -0.3 is 14.4 Å². The van der Waals surface area contributed by atoms with Gasteiger partial charge in [-0.2, -0.15) is 0 Å². The largest absolute Gasteiger partial charge is 0.497 e. The van der Waals surface area contributed by atoms with Crippen LogP contribution in [-0.4, -0.2) is 30.6 Å². The van der Waals surface area contributed by atoms with Gasteiger partial charge in [-0.1, -0.05) is 25.5 Å². The molecule has 106 valence electrons. The first kappa shape index (κ1) is 12.2. The van der Waals surface area contributed by atoms with E-state index in [4.69, 9.17) is 9.47 Å². The van der Waals surface area contributed by atoms with Crippen LogP contribution in [0.4, 0.5) is 0 Å². The molecule has 4 nitrogen and oxygen atoms in total. The van der Waals surface area contributed by atoms with E-state index < -0.39 is 0 Å². The van der Waals surface area contributed by atoms with Crippen molar-refractivity contribution in [3.63, 3.8) is 0 Å². The molecule has 3 fully saturated rings. The number of fused-ring (bicyclic) bond motifs is 3. The summed E-state index contributed by atoms with van der Waals surface area (Å²) in [4.78, 5) is 14.5. The fraction of sp³-hybridized carbons (Fsp3) is 0.562. The van der Waals surface area contributed by atoms with Crippen molar-refractivity contribution in [1.82, 2.24) is 4.90 Å². The molecular formula is C16H19NO3. The van der Waals surface area contributed by atoms with Crippen LogP contribution in [0.3, 0.4) is 0 Å². The summed E-state index contributed by atoms with van der Waals surface area (Å²) in [6, 6.07) is 8.11. The first-order valence-electron chi connectivity index (χ1n) is 7.34. The molecule has 4 rings (SSSR count). The van der Waals surface area contributed by atoms with Gasteiger partial charge in [-0.25, -0.2) is 0 Å². The first-order valence-corrected chi connectivity index (χ1v) is 7.34. The van der Waals surface area contributed by atoms with Crippen LogP contribution in [0.5, 0.6) is 5.75 Å². The maximum atomic E-state index is 12.5. The van der Waals surface area contributed by atoms with E-state index in [0.29, 0.717) is 30.4 Å². The summed E-state index contributed by atoms with van der Waals surface area (Å²) in [6.07, 6.45) is 0.905. The predicted octanol–water partition coefficient (Wildman–Crippen LogP) is 2.21. The highest BCUT2D eigenvalue weighted by Crippen LogP contribution is 2.61. The number of hydrogen-bond acceptors (Lipinski definition) is 3. The van der Waals surface area contributed by atoms with Gasteiger partial charge in [0.05, 0.1) is 19.8 Å². The van der Waals surface area contributed by atoms with Gasteiger partial charge in [0.2, 0.25) is 5.91 Å². The van der Waals surface area contributed by atoms with Crippen LogP contribution in [0.25, 0.3) is 0 Å². The number of methoxy groups -OCH3 is 1. The van der Waals surface area contributed by atoms with Crippen LogP contribution in [0.2, 0.25) is 0 Å². The van der Waals surface area contributed by atoms with Gasteiger partial charge in [0.15, 0.2) is 6.23 Å². The van der Waals surface area contributed by atoms with Gasteiger partial charge in [0, 0.05) is 11.5 Å². The van der Waals surface area contributed by atoms with E-state index in [1.165, 1.54) is 0 Å². The Morgan fingerprint density at radius 2 is 2.10 bits per heavy atom. The summed E-state index contributed by atoms with van der Waals surface area (Å²) in [5.74, 6) is 2.53. The van der Waals surface area contributed by atoms with Crippen molar-refractivity contribution in [2.45, 2.75) is 25.6 Å². The maximum absolute atomic E-state index is 12.5. The summed E-state index contributed by atoms with van der Waals surface area (Å²) < 4.78 is 11.1. The fourth-order valence-corrected chi connectivity index (χ4v) is 4.10. The number of carbonyl (C=O) groups excluding carboxylic acids is 1. The normalized spacial score (nSPS) is 37.8. The van der Waals surface area contributed by atoms with E-state index in [9.17, 15) is 4.79 Å². The Balaban J connectivity index is 1.58. The number of rotatable bonds is 3. The Hall–Kier alpha value is -1.55. The van der Waals surface area contributed by atoms with Gasteiger partial charge in [-0.3, -0.25) is 4.79 Å². The zero-order valence-corrected chi connectivity index (χ0v) is 11.8. The second-order valence-corrected chi connectivity index (χ2v) is 5.95. The fourth-order valence-electron chi connectivity index (χ4n) is 4.10. The molecule has 0 bridgehead atoms. The number of carbonyl (C=O) groups is 1. The Kier molecular flexibility index (Phi) is 2.58. The van der Waals surface area contributed by atoms with Crippen molar-refractivity contribution >= 4 is 5.91 Å². The van der Waals surface area contributed by atoms with E-state index in [2.05, 4.69) is 6.92 Å². The maximum Gasteiger partial charge on any atom is 0.228 e. The van der Waals surface area contributed by atoms with Crippen LogP contribution in [0.1, 0.15) is 25.1 Å². The Labute approximate surface area is 118 Å². The molecule has 4 heteroatoms. The number of hydrogen-bond donors (Lipinski definition) is 0. The Morgan fingerprint density at radius 3 is 2.75 bits per heavy atom. The van der Waals surface area contributed by atoms with E-state index in [1.54, 1.807) is 7.11 Å². The number of nitrogens with zero attached hydrogens (tertiary/aromatic N) is 1. The van der Waals surface area contributed by atoms with E-state index in [1.807, 2.05) is 29.2 Å². The van der Waals surface area contributed by atoms with Gasteiger partial charge in [0.25, 0.3) is 0 Å². The minimum absolute atomic E-state index is 0.205. The monoisotopic (exact) mass is 273 g/mol. The zero-order chi connectivity index (χ0) is 13.9. The molecule has 0 spiro atoms. The van der Waals surface area contributed by atoms with Crippen molar-refractivity contribution < 1.29 is 14.3 Å². The molecule has 2 aliphatic heterocycles. The van der Waals surface area contributed by atoms with Gasteiger partial charge >= 0.3 is 0 Å². The van der Waals surface area contributed by atoms with Gasteiger partial charge in [-0.05, 0) is 24.0 Å². The molecule has 0 aromatic heterocycles. The molecule has 1 aromatic rings. The molecule has 1 amide bonds. The molecule has 0 N–H and O–H groups in total. The van der Waals surface area contributed by atoms with E-state index >= 15 is 0 Å². The summed E-state index contributed by atoms with van der Waals surface area (Å²) in [5.41, 5.74) is 1.04. The highest BCUT2D eigenvalue weighted by atomic mass is 16.5. The third-order valence-electron chi connectivity index (χ3n) is 5.12. The van der Waals surface area contributed by atoms with E-state index in [-0.39, 0.29) is 12.1 Å². The van der Waals surface area contributed by atoms with Gasteiger partial charge in [0.1, 0.15) is 5.75 Å².